The number of aromatic nitrogens is 1. The number of rotatable bonds is 1. The van der Waals surface area contributed by atoms with Crippen LogP contribution in [0.4, 0.5) is 0 Å². The molecule has 15 heavy (non-hydrogen) atoms. The Morgan fingerprint density at radius 2 is 2.20 bits per heavy atom. The molecule has 0 aliphatic rings. The molecule has 0 unspecified atom stereocenters. The highest BCUT2D eigenvalue weighted by Crippen LogP contribution is 2.25. The molecule has 1 heterocycles. The number of benzene rings is 1. The summed E-state index contributed by atoms with van der Waals surface area (Å²) in [7, 11) is 0. The van der Waals surface area contributed by atoms with Gasteiger partial charge in [-0.1, -0.05) is 29.8 Å². The second-order valence-electron chi connectivity index (χ2n) is 3.28. The standard InChI is InChI=1S/C11H8ClNO2/c1-6-3-2-4-7-5-8(11(14)15)13-10(12)9(6)7/h2-5H,1H3,(H,14,15). The minimum Gasteiger partial charge on any atom is -0.477 e. The van der Waals surface area contributed by atoms with E-state index in [2.05, 4.69) is 4.98 Å². The van der Waals surface area contributed by atoms with Crippen LogP contribution in [0.3, 0.4) is 0 Å². The van der Waals surface area contributed by atoms with E-state index in [-0.39, 0.29) is 10.8 Å². The summed E-state index contributed by atoms with van der Waals surface area (Å²) in [6, 6.07) is 7.12. The third-order valence-corrected chi connectivity index (χ3v) is 2.51. The van der Waals surface area contributed by atoms with Gasteiger partial charge in [-0.05, 0) is 23.9 Å². The Hall–Kier alpha value is -1.61. The van der Waals surface area contributed by atoms with E-state index in [1.807, 2.05) is 25.1 Å². The minimum absolute atomic E-state index is 0.0295. The van der Waals surface area contributed by atoms with Gasteiger partial charge in [-0.25, -0.2) is 9.78 Å². The summed E-state index contributed by atoms with van der Waals surface area (Å²) in [5.41, 5.74) is 0.958. The van der Waals surface area contributed by atoms with Crippen molar-refractivity contribution in [1.82, 2.24) is 4.98 Å². The summed E-state index contributed by atoms with van der Waals surface area (Å²) < 4.78 is 0. The highest BCUT2D eigenvalue weighted by molar-refractivity contribution is 6.34. The molecular weight excluding hydrogens is 214 g/mol. The number of aryl methyl sites for hydroxylation is 1. The molecule has 0 radical (unpaired) electrons. The fourth-order valence-electron chi connectivity index (χ4n) is 1.54. The van der Waals surface area contributed by atoms with Crippen LogP contribution in [0.25, 0.3) is 10.8 Å². The van der Waals surface area contributed by atoms with E-state index in [9.17, 15) is 4.79 Å². The maximum absolute atomic E-state index is 10.8. The van der Waals surface area contributed by atoms with E-state index >= 15 is 0 Å². The lowest BCUT2D eigenvalue weighted by Crippen LogP contribution is -2.00. The number of carboxylic acid groups (broad SMARTS) is 1. The highest BCUT2D eigenvalue weighted by atomic mass is 35.5. The molecule has 0 amide bonds. The molecule has 1 aromatic heterocycles. The van der Waals surface area contributed by atoms with E-state index in [0.29, 0.717) is 0 Å². The fourth-order valence-corrected chi connectivity index (χ4v) is 1.89. The SMILES string of the molecule is Cc1cccc2cc(C(=O)O)nc(Cl)c12. The maximum Gasteiger partial charge on any atom is 0.354 e. The lowest BCUT2D eigenvalue weighted by atomic mass is 10.1. The number of hydrogen-bond donors (Lipinski definition) is 1. The van der Waals surface area contributed by atoms with Crippen molar-refractivity contribution in [2.75, 3.05) is 0 Å². The Balaban J connectivity index is 2.84. The molecule has 0 bridgehead atoms. The average molecular weight is 222 g/mol. The first-order chi connectivity index (χ1) is 7.09. The number of carbonyl (C=O) groups is 1. The van der Waals surface area contributed by atoms with Crippen molar-refractivity contribution in [2.24, 2.45) is 0 Å². The van der Waals surface area contributed by atoms with Gasteiger partial charge in [0.1, 0.15) is 5.15 Å². The second-order valence-corrected chi connectivity index (χ2v) is 3.63. The van der Waals surface area contributed by atoms with Crippen molar-refractivity contribution in [2.45, 2.75) is 6.92 Å². The van der Waals surface area contributed by atoms with Gasteiger partial charge in [0.25, 0.3) is 0 Å². The lowest BCUT2D eigenvalue weighted by Gasteiger charge is -2.04. The maximum atomic E-state index is 10.8. The molecule has 0 aliphatic carbocycles. The summed E-state index contributed by atoms with van der Waals surface area (Å²) in [4.78, 5) is 14.6. The van der Waals surface area contributed by atoms with Crippen LogP contribution in [0.1, 0.15) is 16.1 Å². The van der Waals surface area contributed by atoms with E-state index in [1.165, 1.54) is 6.07 Å². The fraction of sp³-hybridized carbons (Fsp3) is 0.0909. The minimum atomic E-state index is -1.07. The molecule has 2 rings (SSSR count). The first kappa shape index (κ1) is 9.93. The number of hydrogen-bond acceptors (Lipinski definition) is 2. The first-order valence-electron chi connectivity index (χ1n) is 4.39. The van der Waals surface area contributed by atoms with Gasteiger partial charge in [-0.2, -0.15) is 0 Å². The molecule has 0 spiro atoms. The Kier molecular flexibility index (Phi) is 2.32. The summed E-state index contributed by atoms with van der Waals surface area (Å²) >= 11 is 5.94. The number of carboxylic acids is 1. The van der Waals surface area contributed by atoms with Crippen LogP contribution in [0.2, 0.25) is 5.15 Å². The van der Waals surface area contributed by atoms with Crippen molar-refractivity contribution < 1.29 is 9.90 Å². The van der Waals surface area contributed by atoms with Crippen LogP contribution in [0.5, 0.6) is 0 Å². The summed E-state index contributed by atoms with van der Waals surface area (Å²) in [5, 5.41) is 10.7. The molecule has 76 valence electrons. The molecule has 1 aromatic carbocycles. The van der Waals surface area contributed by atoms with Gasteiger partial charge in [-0.3, -0.25) is 0 Å². The number of halogens is 1. The number of aromatic carboxylic acids is 1. The zero-order valence-electron chi connectivity index (χ0n) is 7.99. The zero-order valence-corrected chi connectivity index (χ0v) is 8.75. The van der Waals surface area contributed by atoms with Crippen LogP contribution in [0, 0.1) is 6.92 Å². The second kappa shape index (κ2) is 3.51. The van der Waals surface area contributed by atoms with E-state index in [0.717, 1.165) is 16.3 Å². The quantitative estimate of drug-likeness (QED) is 0.754. The number of nitrogens with zero attached hydrogens (tertiary/aromatic N) is 1. The Labute approximate surface area is 91.3 Å². The van der Waals surface area contributed by atoms with Crippen LogP contribution >= 0.6 is 11.6 Å². The number of fused-ring (bicyclic) bond motifs is 1. The Bertz CT molecular complexity index is 552. The van der Waals surface area contributed by atoms with Crippen LogP contribution < -0.4 is 0 Å². The summed E-state index contributed by atoms with van der Waals surface area (Å²) in [6.45, 7) is 1.91. The Morgan fingerprint density at radius 3 is 2.87 bits per heavy atom. The molecule has 0 atom stereocenters. The summed E-state index contributed by atoms with van der Waals surface area (Å²) in [6.07, 6.45) is 0. The van der Waals surface area contributed by atoms with Gasteiger partial charge < -0.3 is 5.11 Å². The Morgan fingerprint density at radius 1 is 1.47 bits per heavy atom. The normalized spacial score (nSPS) is 10.5. The van der Waals surface area contributed by atoms with Gasteiger partial charge in [0, 0.05) is 5.39 Å². The predicted octanol–water partition coefficient (Wildman–Crippen LogP) is 2.89. The zero-order chi connectivity index (χ0) is 11.0. The van der Waals surface area contributed by atoms with Crippen molar-refractivity contribution in [1.29, 1.82) is 0 Å². The van der Waals surface area contributed by atoms with E-state index in [4.69, 9.17) is 16.7 Å². The molecule has 0 fully saturated rings. The van der Waals surface area contributed by atoms with Crippen molar-refractivity contribution in [3.8, 4) is 0 Å². The van der Waals surface area contributed by atoms with Gasteiger partial charge in [-0.15, -0.1) is 0 Å². The molecule has 0 saturated carbocycles. The molecule has 1 N–H and O–H groups in total. The lowest BCUT2D eigenvalue weighted by molar-refractivity contribution is 0.0690. The van der Waals surface area contributed by atoms with Gasteiger partial charge >= 0.3 is 5.97 Å². The molecule has 0 aliphatic heterocycles. The third-order valence-electron chi connectivity index (χ3n) is 2.24. The average Bonchev–Trinajstić information content (AvgIpc) is 2.17. The molecule has 3 nitrogen and oxygen atoms in total. The van der Waals surface area contributed by atoms with Crippen molar-refractivity contribution in [3.63, 3.8) is 0 Å². The molecule has 2 aromatic rings. The van der Waals surface area contributed by atoms with Crippen molar-refractivity contribution >= 4 is 28.3 Å². The summed E-state index contributed by atoms with van der Waals surface area (Å²) in [5.74, 6) is -1.07. The van der Waals surface area contributed by atoms with Crippen LogP contribution in [0.15, 0.2) is 24.3 Å². The highest BCUT2D eigenvalue weighted by Gasteiger charge is 2.10. The van der Waals surface area contributed by atoms with Gasteiger partial charge in [0.15, 0.2) is 5.69 Å². The molecule has 4 heteroatoms. The first-order valence-corrected chi connectivity index (χ1v) is 4.76. The largest absolute Gasteiger partial charge is 0.477 e. The number of pyridine rings is 1. The molecule has 0 saturated heterocycles. The van der Waals surface area contributed by atoms with Gasteiger partial charge in [0.05, 0.1) is 0 Å². The van der Waals surface area contributed by atoms with E-state index < -0.39 is 5.97 Å². The van der Waals surface area contributed by atoms with Gasteiger partial charge in [0.2, 0.25) is 0 Å². The predicted molar refractivity (Wildman–Crippen MR) is 58.4 cm³/mol. The van der Waals surface area contributed by atoms with Crippen molar-refractivity contribution in [3.05, 3.63) is 40.7 Å². The third kappa shape index (κ3) is 1.66. The monoisotopic (exact) mass is 221 g/mol. The van der Waals surface area contributed by atoms with Crippen LogP contribution in [-0.4, -0.2) is 16.1 Å². The van der Waals surface area contributed by atoms with Crippen LogP contribution in [-0.2, 0) is 0 Å². The van der Waals surface area contributed by atoms with E-state index in [1.54, 1.807) is 0 Å². The topological polar surface area (TPSA) is 50.2 Å². The smallest absolute Gasteiger partial charge is 0.354 e. The molecular formula is C11H8ClNO2.